The van der Waals surface area contributed by atoms with Gasteiger partial charge in [-0.3, -0.25) is 9.59 Å². The Morgan fingerprint density at radius 2 is 1.68 bits per heavy atom. The average Bonchev–Trinajstić information content (AvgIpc) is 2.82. The van der Waals surface area contributed by atoms with Crippen LogP contribution in [0.25, 0.3) is 10.9 Å². The Morgan fingerprint density at radius 3 is 2.32 bits per heavy atom. The minimum absolute atomic E-state index is 0.0457. The van der Waals surface area contributed by atoms with Crippen LogP contribution in [-0.4, -0.2) is 18.9 Å². The largest absolute Gasteiger partial charge is 0.336 e. The number of nitrogens with zero attached hydrogens (tertiary/aromatic N) is 1. The first-order chi connectivity index (χ1) is 16.2. The molecule has 3 aromatic carbocycles. The third kappa shape index (κ3) is 4.76. The van der Waals surface area contributed by atoms with Crippen molar-refractivity contribution in [3.05, 3.63) is 99.3 Å². The monoisotopic (exact) mass is 494 g/mol. The number of hydrogen-bond acceptors (Lipinski definition) is 4. The third-order valence-corrected chi connectivity index (χ3v) is 7.60. The smallest absolute Gasteiger partial charge is 0.244 e. The van der Waals surface area contributed by atoms with Crippen molar-refractivity contribution in [2.45, 2.75) is 36.6 Å². The molecule has 4 rings (SSSR count). The highest BCUT2D eigenvalue weighted by atomic mass is 35.5. The summed E-state index contributed by atoms with van der Waals surface area (Å²) in [5.41, 5.74) is 2.46. The van der Waals surface area contributed by atoms with Gasteiger partial charge in [0.2, 0.25) is 21.2 Å². The molecule has 0 spiro atoms. The number of aromatic nitrogens is 1. The first-order valence-corrected chi connectivity index (χ1v) is 12.6. The molecule has 8 heteroatoms. The number of pyridine rings is 1. The van der Waals surface area contributed by atoms with Crippen molar-refractivity contribution in [2.75, 3.05) is 5.32 Å². The standard InChI is InChI=1S/C26H23ClN2O4S/c1-3-18-6-13-23-22(14-18)26(31)24(34(32,33)21-11-7-19(27)8-12-21)15-29(23)16-25(30)28-20-9-4-17(2)5-10-20/h4-15H,3,16H2,1-2H3,(H,28,30). The number of sulfone groups is 1. The number of aryl methyl sites for hydroxylation is 2. The Kier molecular flexibility index (Phi) is 6.59. The van der Waals surface area contributed by atoms with E-state index in [4.69, 9.17) is 11.6 Å². The van der Waals surface area contributed by atoms with Crippen LogP contribution in [-0.2, 0) is 27.6 Å². The van der Waals surface area contributed by atoms with Crippen LogP contribution >= 0.6 is 11.6 Å². The summed E-state index contributed by atoms with van der Waals surface area (Å²) in [6.45, 7) is 3.73. The maximum Gasteiger partial charge on any atom is 0.244 e. The molecular weight excluding hydrogens is 472 g/mol. The van der Waals surface area contributed by atoms with Crippen LogP contribution in [0.1, 0.15) is 18.1 Å². The molecule has 0 bridgehead atoms. The van der Waals surface area contributed by atoms with Crippen molar-refractivity contribution >= 4 is 43.9 Å². The Bertz CT molecular complexity index is 1540. The van der Waals surface area contributed by atoms with Gasteiger partial charge in [0.1, 0.15) is 11.4 Å². The zero-order valence-electron chi connectivity index (χ0n) is 18.7. The summed E-state index contributed by atoms with van der Waals surface area (Å²) >= 11 is 5.90. The van der Waals surface area contributed by atoms with E-state index in [-0.39, 0.29) is 22.7 Å². The lowest BCUT2D eigenvalue weighted by Gasteiger charge is -2.15. The van der Waals surface area contributed by atoms with E-state index in [1.165, 1.54) is 35.0 Å². The minimum Gasteiger partial charge on any atom is -0.336 e. The van der Waals surface area contributed by atoms with E-state index >= 15 is 0 Å². The van der Waals surface area contributed by atoms with Crippen LogP contribution < -0.4 is 10.7 Å². The van der Waals surface area contributed by atoms with Gasteiger partial charge in [0, 0.05) is 22.3 Å². The highest BCUT2D eigenvalue weighted by molar-refractivity contribution is 7.91. The number of benzene rings is 3. The Hall–Kier alpha value is -3.42. The average molecular weight is 495 g/mol. The SMILES string of the molecule is CCc1ccc2c(c1)c(=O)c(S(=O)(=O)c1ccc(Cl)cc1)cn2CC(=O)Nc1ccc(C)cc1. The molecular formula is C26H23ClN2O4S. The molecule has 0 unspecified atom stereocenters. The van der Waals surface area contributed by atoms with Crippen LogP contribution in [0.2, 0.25) is 5.02 Å². The van der Waals surface area contributed by atoms with Gasteiger partial charge in [-0.15, -0.1) is 0 Å². The normalized spacial score (nSPS) is 11.5. The molecule has 4 aromatic rings. The maximum atomic E-state index is 13.4. The second-order valence-corrected chi connectivity index (χ2v) is 10.4. The molecule has 0 atom stereocenters. The van der Waals surface area contributed by atoms with Crippen LogP contribution in [0, 0.1) is 6.92 Å². The molecule has 174 valence electrons. The molecule has 0 radical (unpaired) electrons. The summed E-state index contributed by atoms with van der Waals surface area (Å²) in [6.07, 6.45) is 1.92. The molecule has 0 aliphatic carbocycles. The molecule has 1 heterocycles. The Morgan fingerprint density at radius 1 is 1.00 bits per heavy atom. The van der Waals surface area contributed by atoms with Gasteiger partial charge in [-0.1, -0.05) is 42.3 Å². The summed E-state index contributed by atoms with van der Waals surface area (Å²) in [6, 6.07) is 18.3. The van der Waals surface area contributed by atoms with Crippen molar-refractivity contribution < 1.29 is 13.2 Å². The number of carbonyl (C=O) groups excluding carboxylic acids is 1. The molecule has 1 N–H and O–H groups in total. The van der Waals surface area contributed by atoms with E-state index in [0.29, 0.717) is 22.6 Å². The number of fused-ring (bicyclic) bond motifs is 1. The Balaban J connectivity index is 1.83. The van der Waals surface area contributed by atoms with Gasteiger partial charge < -0.3 is 9.88 Å². The summed E-state index contributed by atoms with van der Waals surface area (Å²) in [4.78, 5) is 25.7. The number of anilines is 1. The van der Waals surface area contributed by atoms with E-state index in [1.807, 2.05) is 32.0 Å². The molecule has 0 aliphatic heterocycles. The predicted octanol–water partition coefficient (Wildman–Crippen LogP) is 5.00. The fourth-order valence-corrected chi connectivity index (χ4v) is 5.19. The lowest BCUT2D eigenvalue weighted by molar-refractivity contribution is -0.116. The molecule has 1 amide bonds. The van der Waals surface area contributed by atoms with Crippen molar-refractivity contribution in [1.29, 1.82) is 0 Å². The van der Waals surface area contributed by atoms with E-state index in [0.717, 1.165) is 11.1 Å². The van der Waals surface area contributed by atoms with E-state index in [2.05, 4.69) is 5.32 Å². The number of carbonyl (C=O) groups is 1. The molecule has 34 heavy (non-hydrogen) atoms. The number of rotatable bonds is 6. The summed E-state index contributed by atoms with van der Waals surface area (Å²) in [7, 11) is -4.14. The molecule has 0 aliphatic rings. The highest BCUT2D eigenvalue weighted by Crippen LogP contribution is 2.23. The van der Waals surface area contributed by atoms with Crippen molar-refractivity contribution in [1.82, 2.24) is 4.57 Å². The van der Waals surface area contributed by atoms with Gasteiger partial charge in [-0.2, -0.15) is 0 Å². The van der Waals surface area contributed by atoms with Gasteiger partial charge in [0.15, 0.2) is 0 Å². The van der Waals surface area contributed by atoms with E-state index in [9.17, 15) is 18.0 Å². The summed E-state index contributed by atoms with van der Waals surface area (Å²) in [5.74, 6) is -0.344. The maximum absolute atomic E-state index is 13.4. The number of hydrogen-bond donors (Lipinski definition) is 1. The second-order valence-electron chi connectivity index (χ2n) is 8.03. The topological polar surface area (TPSA) is 85.2 Å². The van der Waals surface area contributed by atoms with Gasteiger partial charge >= 0.3 is 0 Å². The molecule has 1 aromatic heterocycles. The van der Waals surface area contributed by atoms with Gasteiger partial charge in [-0.25, -0.2) is 8.42 Å². The van der Waals surface area contributed by atoms with Crippen LogP contribution in [0.5, 0.6) is 0 Å². The van der Waals surface area contributed by atoms with E-state index < -0.39 is 20.2 Å². The fraction of sp³-hybridized carbons (Fsp3) is 0.154. The first kappa shape index (κ1) is 23.7. The quantitative estimate of drug-likeness (QED) is 0.409. The lowest BCUT2D eigenvalue weighted by atomic mass is 10.1. The summed E-state index contributed by atoms with van der Waals surface area (Å²) < 4.78 is 28.2. The van der Waals surface area contributed by atoms with E-state index in [1.54, 1.807) is 24.3 Å². The zero-order valence-corrected chi connectivity index (χ0v) is 20.3. The lowest BCUT2D eigenvalue weighted by Crippen LogP contribution is -2.24. The molecule has 0 saturated carbocycles. The van der Waals surface area contributed by atoms with Crippen LogP contribution in [0.4, 0.5) is 5.69 Å². The van der Waals surface area contributed by atoms with Crippen LogP contribution in [0.3, 0.4) is 0 Å². The molecule has 6 nitrogen and oxygen atoms in total. The van der Waals surface area contributed by atoms with Crippen molar-refractivity contribution in [2.24, 2.45) is 0 Å². The van der Waals surface area contributed by atoms with Crippen molar-refractivity contribution in [3.8, 4) is 0 Å². The number of amides is 1. The highest BCUT2D eigenvalue weighted by Gasteiger charge is 2.24. The molecule has 0 fully saturated rings. The predicted molar refractivity (Wildman–Crippen MR) is 134 cm³/mol. The van der Waals surface area contributed by atoms with Crippen molar-refractivity contribution in [3.63, 3.8) is 0 Å². The zero-order chi connectivity index (χ0) is 24.5. The summed E-state index contributed by atoms with van der Waals surface area (Å²) in [5, 5.41) is 3.45. The fourth-order valence-electron chi connectivity index (χ4n) is 3.69. The first-order valence-electron chi connectivity index (χ1n) is 10.7. The minimum atomic E-state index is -4.14. The van der Waals surface area contributed by atoms with Gasteiger partial charge in [-0.05, 0) is 67.4 Å². The second kappa shape index (κ2) is 9.44. The Labute approximate surface area is 202 Å². The molecule has 0 saturated heterocycles. The van der Waals surface area contributed by atoms with Crippen LogP contribution in [0.15, 0.2) is 87.5 Å². The third-order valence-electron chi connectivity index (χ3n) is 5.58. The number of halogens is 1. The van der Waals surface area contributed by atoms with Gasteiger partial charge in [0.25, 0.3) is 0 Å². The number of nitrogens with one attached hydrogen (secondary N) is 1. The van der Waals surface area contributed by atoms with Gasteiger partial charge in [0.05, 0.1) is 10.4 Å².